The van der Waals surface area contributed by atoms with Crippen molar-refractivity contribution in [2.75, 3.05) is 24.6 Å². The molecule has 94 valence electrons. The summed E-state index contributed by atoms with van der Waals surface area (Å²) in [5.74, 6) is 0.805. The SMILES string of the molecule is Cc1ccnc(N2CCOC(c3cccs3)C2)n1. The van der Waals surface area contributed by atoms with E-state index in [0.717, 1.165) is 31.3 Å². The molecule has 3 heterocycles. The van der Waals surface area contributed by atoms with Crippen molar-refractivity contribution in [2.24, 2.45) is 0 Å². The van der Waals surface area contributed by atoms with Gasteiger partial charge in [-0.05, 0) is 24.4 Å². The summed E-state index contributed by atoms with van der Waals surface area (Å²) >= 11 is 1.74. The summed E-state index contributed by atoms with van der Waals surface area (Å²) in [4.78, 5) is 12.3. The topological polar surface area (TPSA) is 38.2 Å². The molecule has 1 aliphatic rings. The van der Waals surface area contributed by atoms with E-state index in [1.54, 1.807) is 11.3 Å². The molecule has 2 aromatic heterocycles. The fraction of sp³-hybridized carbons (Fsp3) is 0.385. The summed E-state index contributed by atoms with van der Waals surface area (Å²) in [6.07, 6.45) is 1.95. The molecule has 0 spiro atoms. The number of aryl methyl sites for hydroxylation is 1. The highest BCUT2D eigenvalue weighted by Gasteiger charge is 2.24. The number of aromatic nitrogens is 2. The minimum atomic E-state index is 0.142. The Labute approximate surface area is 110 Å². The lowest BCUT2D eigenvalue weighted by Gasteiger charge is -2.32. The average molecular weight is 261 g/mol. The van der Waals surface area contributed by atoms with E-state index in [0.29, 0.717) is 0 Å². The molecule has 1 fully saturated rings. The van der Waals surface area contributed by atoms with Gasteiger partial charge in [0.1, 0.15) is 6.10 Å². The molecule has 0 saturated carbocycles. The molecule has 0 bridgehead atoms. The van der Waals surface area contributed by atoms with Crippen molar-refractivity contribution < 1.29 is 4.74 Å². The van der Waals surface area contributed by atoms with E-state index in [4.69, 9.17) is 4.74 Å². The molecule has 0 N–H and O–H groups in total. The van der Waals surface area contributed by atoms with Crippen LogP contribution in [0.3, 0.4) is 0 Å². The molecule has 1 saturated heterocycles. The second kappa shape index (κ2) is 5.04. The second-order valence-electron chi connectivity index (χ2n) is 4.32. The first-order valence-electron chi connectivity index (χ1n) is 6.02. The van der Waals surface area contributed by atoms with Gasteiger partial charge in [0.2, 0.25) is 5.95 Å². The lowest BCUT2D eigenvalue weighted by Crippen LogP contribution is -2.39. The van der Waals surface area contributed by atoms with Crippen LogP contribution in [0.1, 0.15) is 16.7 Å². The van der Waals surface area contributed by atoms with Gasteiger partial charge in [0.25, 0.3) is 0 Å². The highest BCUT2D eigenvalue weighted by molar-refractivity contribution is 7.10. The van der Waals surface area contributed by atoms with Crippen LogP contribution in [0, 0.1) is 6.92 Å². The fourth-order valence-electron chi connectivity index (χ4n) is 2.07. The van der Waals surface area contributed by atoms with Gasteiger partial charge in [0, 0.05) is 23.3 Å². The standard InChI is InChI=1S/C13H15N3OS/c1-10-4-5-14-13(15-10)16-6-7-17-11(9-16)12-3-2-8-18-12/h2-5,8,11H,6-7,9H2,1H3. The Hall–Kier alpha value is -1.46. The maximum atomic E-state index is 5.82. The summed E-state index contributed by atoms with van der Waals surface area (Å²) in [6.45, 7) is 4.39. The molecule has 0 radical (unpaired) electrons. The zero-order chi connectivity index (χ0) is 12.4. The van der Waals surface area contributed by atoms with Crippen LogP contribution in [0.25, 0.3) is 0 Å². The molecule has 0 aliphatic carbocycles. The van der Waals surface area contributed by atoms with Gasteiger partial charge in [-0.2, -0.15) is 0 Å². The normalized spacial score (nSPS) is 20.1. The monoisotopic (exact) mass is 261 g/mol. The molecule has 4 nitrogen and oxygen atoms in total. The van der Waals surface area contributed by atoms with Crippen LogP contribution >= 0.6 is 11.3 Å². The highest BCUT2D eigenvalue weighted by Crippen LogP contribution is 2.27. The zero-order valence-electron chi connectivity index (χ0n) is 10.2. The predicted octanol–water partition coefficient (Wildman–Crippen LogP) is 2.42. The van der Waals surface area contributed by atoms with E-state index in [2.05, 4.69) is 32.4 Å². The summed E-state index contributed by atoms with van der Waals surface area (Å²) in [5, 5.41) is 2.08. The lowest BCUT2D eigenvalue weighted by atomic mass is 10.2. The van der Waals surface area contributed by atoms with E-state index < -0.39 is 0 Å². The van der Waals surface area contributed by atoms with Crippen LogP contribution < -0.4 is 4.90 Å². The summed E-state index contributed by atoms with van der Waals surface area (Å²) in [7, 11) is 0. The maximum Gasteiger partial charge on any atom is 0.225 e. The van der Waals surface area contributed by atoms with Gasteiger partial charge in [-0.25, -0.2) is 9.97 Å². The Bertz CT molecular complexity index is 515. The van der Waals surface area contributed by atoms with E-state index in [1.807, 2.05) is 19.2 Å². The maximum absolute atomic E-state index is 5.82. The summed E-state index contributed by atoms with van der Waals surface area (Å²) in [5.41, 5.74) is 0.999. The Morgan fingerprint density at radius 1 is 1.44 bits per heavy atom. The van der Waals surface area contributed by atoms with Gasteiger partial charge < -0.3 is 9.64 Å². The number of nitrogens with zero attached hydrogens (tertiary/aromatic N) is 3. The van der Waals surface area contributed by atoms with Gasteiger partial charge in [0.15, 0.2) is 0 Å². The van der Waals surface area contributed by atoms with Crippen molar-refractivity contribution in [3.05, 3.63) is 40.3 Å². The van der Waals surface area contributed by atoms with Gasteiger partial charge >= 0.3 is 0 Å². The molecule has 3 rings (SSSR count). The summed E-state index contributed by atoms with van der Waals surface area (Å²) < 4.78 is 5.82. The molecule has 1 aliphatic heterocycles. The number of hydrogen-bond donors (Lipinski definition) is 0. The van der Waals surface area contributed by atoms with Crippen LogP contribution in [-0.2, 0) is 4.74 Å². The number of rotatable bonds is 2. The van der Waals surface area contributed by atoms with Crippen molar-refractivity contribution in [1.29, 1.82) is 0 Å². The number of anilines is 1. The van der Waals surface area contributed by atoms with Gasteiger partial charge in [-0.15, -0.1) is 11.3 Å². The minimum absolute atomic E-state index is 0.142. The third-order valence-corrected chi connectivity index (χ3v) is 3.96. The largest absolute Gasteiger partial charge is 0.369 e. The number of hydrogen-bond acceptors (Lipinski definition) is 5. The van der Waals surface area contributed by atoms with Gasteiger partial charge in [-0.3, -0.25) is 0 Å². The molecule has 18 heavy (non-hydrogen) atoms. The second-order valence-corrected chi connectivity index (χ2v) is 5.30. The highest BCUT2D eigenvalue weighted by atomic mass is 32.1. The van der Waals surface area contributed by atoms with Crippen molar-refractivity contribution in [2.45, 2.75) is 13.0 Å². The molecular formula is C13H15N3OS. The van der Waals surface area contributed by atoms with Gasteiger partial charge in [0.05, 0.1) is 13.2 Å². The minimum Gasteiger partial charge on any atom is -0.369 e. The zero-order valence-corrected chi connectivity index (χ0v) is 11.1. The molecule has 0 aromatic carbocycles. The third kappa shape index (κ3) is 2.37. The van der Waals surface area contributed by atoms with Crippen molar-refractivity contribution in [3.8, 4) is 0 Å². The number of ether oxygens (including phenoxy) is 1. The molecule has 5 heteroatoms. The first kappa shape index (κ1) is 11.6. The van der Waals surface area contributed by atoms with Crippen molar-refractivity contribution in [1.82, 2.24) is 9.97 Å². The molecule has 2 aromatic rings. The smallest absolute Gasteiger partial charge is 0.225 e. The van der Waals surface area contributed by atoms with E-state index in [9.17, 15) is 0 Å². The quantitative estimate of drug-likeness (QED) is 0.832. The van der Waals surface area contributed by atoms with Crippen molar-refractivity contribution in [3.63, 3.8) is 0 Å². The van der Waals surface area contributed by atoms with Crippen LogP contribution in [-0.4, -0.2) is 29.7 Å². The predicted molar refractivity (Wildman–Crippen MR) is 72.0 cm³/mol. The first-order valence-corrected chi connectivity index (χ1v) is 6.90. The molecular weight excluding hydrogens is 246 g/mol. The molecule has 1 unspecified atom stereocenters. The average Bonchev–Trinajstić information content (AvgIpc) is 2.93. The van der Waals surface area contributed by atoms with Crippen LogP contribution in [0.15, 0.2) is 29.8 Å². The summed E-state index contributed by atoms with van der Waals surface area (Å²) in [6, 6.07) is 6.10. The van der Waals surface area contributed by atoms with E-state index >= 15 is 0 Å². The Morgan fingerprint density at radius 3 is 3.17 bits per heavy atom. The third-order valence-electron chi connectivity index (χ3n) is 2.99. The lowest BCUT2D eigenvalue weighted by molar-refractivity contribution is 0.0415. The van der Waals surface area contributed by atoms with Crippen molar-refractivity contribution >= 4 is 17.3 Å². The van der Waals surface area contributed by atoms with E-state index in [-0.39, 0.29) is 6.10 Å². The molecule has 0 amide bonds. The first-order chi connectivity index (χ1) is 8.83. The van der Waals surface area contributed by atoms with Gasteiger partial charge in [-0.1, -0.05) is 6.07 Å². The molecule has 1 atom stereocenters. The van der Waals surface area contributed by atoms with Crippen LogP contribution in [0.2, 0.25) is 0 Å². The number of thiophene rings is 1. The number of morpholine rings is 1. The van der Waals surface area contributed by atoms with Crippen LogP contribution in [0.4, 0.5) is 5.95 Å². The van der Waals surface area contributed by atoms with E-state index in [1.165, 1.54) is 4.88 Å². The van der Waals surface area contributed by atoms with Crippen LogP contribution in [0.5, 0.6) is 0 Å². The Balaban J connectivity index is 1.78. The Kier molecular flexibility index (Phi) is 3.25. The fourth-order valence-corrected chi connectivity index (χ4v) is 2.83. The Morgan fingerprint density at radius 2 is 2.39 bits per heavy atom.